The molecule has 40 heavy (non-hydrogen) atoms. The van der Waals surface area contributed by atoms with Gasteiger partial charge in [-0.25, -0.2) is 4.39 Å². The quantitative estimate of drug-likeness (QED) is 0.268. The monoisotopic (exact) mass is 548 g/mol. The number of hydrogen-bond donors (Lipinski definition) is 0. The van der Waals surface area contributed by atoms with Gasteiger partial charge in [0.15, 0.2) is 11.6 Å². The van der Waals surface area contributed by atoms with Crippen molar-refractivity contribution in [1.29, 1.82) is 0 Å². The first-order valence-corrected chi connectivity index (χ1v) is 16.3. The summed E-state index contributed by atoms with van der Waals surface area (Å²) in [7, 11) is 0. The van der Waals surface area contributed by atoms with Gasteiger partial charge in [-0.1, -0.05) is 55.8 Å². The van der Waals surface area contributed by atoms with Crippen LogP contribution < -0.4 is 4.74 Å². The van der Waals surface area contributed by atoms with E-state index in [0.717, 1.165) is 36.0 Å². The van der Waals surface area contributed by atoms with Crippen molar-refractivity contribution in [2.45, 2.75) is 110 Å². The second-order valence-electron chi connectivity index (χ2n) is 13.1. The molecule has 218 valence electrons. The third kappa shape index (κ3) is 7.18. The van der Waals surface area contributed by atoms with E-state index >= 15 is 0 Å². The van der Waals surface area contributed by atoms with Gasteiger partial charge in [0, 0.05) is 0 Å². The van der Waals surface area contributed by atoms with E-state index in [4.69, 9.17) is 4.74 Å². The Morgan fingerprint density at radius 3 is 2.15 bits per heavy atom. The summed E-state index contributed by atoms with van der Waals surface area (Å²) in [6.07, 6.45) is 20.8. The molecule has 3 fully saturated rings. The number of allylic oxidation sites excluding steroid dienone is 2. The fourth-order valence-corrected chi connectivity index (χ4v) is 8.26. The van der Waals surface area contributed by atoms with Crippen LogP contribution in [0.25, 0.3) is 0 Å². The molecule has 3 aliphatic rings. The summed E-state index contributed by atoms with van der Waals surface area (Å²) in [6, 6.07) is 12.8. The number of aryl methyl sites for hydroxylation is 2. The second kappa shape index (κ2) is 14.1. The molecule has 1 nitrogen and oxygen atoms in total. The van der Waals surface area contributed by atoms with Crippen LogP contribution in [-0.2, 0) is 12.8 Å². The Morgan fingerprint density at radius 1 is 0.750 bits per heavy atom. The predicted molar refractivity (Wildman–Crippen MR) is 162 cm³/mol. The Labute approximate surface area is 241 Å². The van der Waals surface area contributed by atoms with Gasteiger partial charge < -0.3 is 4.74 Å². The molecule has 0 aromatic heterocycles. The summed E-state index contributed by atoms with van der Waals surface area (Å²) in [5.74, 6) is 3.17. The second-order valence-corrected chi connectivity index (χ2v) is 13.1. The lowest BCUT2D eigenvalue weighted by atomic mass is 9.61. The van der Waals surface area contributed by atoms with E-state index in [1.165, 1.54) is 76.2 Å². The summed E-state index contributed by atoms with van der Waals surface area (Å²) < 4.78 is 35.1. The van der Waals surface area contributed by atoms with E-state index in [-0.39, 0.29) is 5.75 Å². The molecule has 0 amide bonds. The number of hydrogen-bond acceptors (Lipinski definition) is 1. The number of ether oxygens (including phenoxy) is 1. The van der Waals surface area contributed by atoms with Crippen molar-refractivity contribution in [3.05, 3.63) is 76.9 Å². The fourth-order valence-electron chi connectivity index (χ4n) is 8.26. The van der Waals surface area contributed by atoms with Gasteiger partial charge in [-0.3, -0.25) is 0 Å². The van der Waals surface area contributed by atoms with E-state index in [1.807, 2.05) is 19.1 Å². The normalized spacial score (nSPS) is 28.9. The van der Waals surface area contributed by atoms with Gasteiger partial charge in [-0.05, 0) is 149 Å². The molecule has 5 rings (SSSR count). The Morgan fingerprint density at radius 2 is 1.43 bits per heavy atom. The summed E-state index contributed by atoms with van der Waals surface area (Å²) in [5.41, 5.74) is 3.46. The third-order valence-electron chi connectivity index (χ3n) is 10.6. The van der Waals surface area contributed by atoms with Crippen molar-refractivity contribution >= 4 is 0 Å². The van der Waals surface area contributed by atoms with Crippen molar-refractivity contribution < 1.29 is 13.5 Å². The molecule has 3 heteroatoms. The summed E-state index contributed by atoms with van der Waals surface area (Å²) >= 11 is 0. The largest absolute Gasteiger partial charge is 0.490 e. The molecule has 0 saturated heterocycles. The van der Waals surface area contributed by atoms with Gasteiger partial charge in [-0.2, -0.15) is 4.39 Å². The zero-order valence-electron chi connectivity index (χ0n) is 24.9. The highest BCUT2D eigenvalue weighted by Gasteiger charge is 2.39. The zero-order valence-corrected chi connectivity index (χ0v) is 24.9. The molecule has 0 N–H and O–H groups in total. The SMILES string of the molecule is CC=CCCc1ccc(OCC2CCC3CC(C4CCC(c5ccc(CCC)cc5)CC4)CCC3C2)c(F)c1F. The minimum absolute atomic E-state index is 0.0746. The number of halogens is 2. The lowest BCUT2D eigenvalue weighted by Gasteiger charge is -2.45. The van der Waals surface area contributed by atoms with Gasteiger partial charge in [0.1, 0.15) is 0 Å². The maximum Gasteiger partial charge on any atom is 0.200 e. The van der Waals surface area contributed by atoms with E-state index in [9.17, 15) is 8.78 Å². The smallest absolute Gasteiger partial charge is 0.200 e. The van der Waals surface area contributed by atoms with Crippen molar-refractivity contribution in [3.63, 3.8) is 0 Å². The Kier molecular flexibility index (Phi) is 10.4. The number of rotatable bonds is 10. The van der Waals surface area contributed by atoms with Crippen molar-refractivity contribution in [1.82, 2.24) is 0 Å². The van der Waals surface area contributed by atoms with Crippen LogP contribution in [0.15, 0.2) is 48.6 Å². The first-order chi connectivity index (χ1) is 19.6. The molecule has 3 aliphatic carbocycles. The van der Waals surface area contributed by atoms with Crippen LogP contribution >= 0.6 is 0 Å². The summed E-state index contributed by atoms with van der Waals surface area (Å²) in [5, 5.41) is 0. The van der Waals surface area contributed by atoms with Crippen LogP contribution in [0.3, 0.4) is 0 Å². The van der Waals surface area contributed by atoms with Gasteiger partial charge >= 0.3 is 0 Å². The highest BCUT2D eigenvalue weighted by Crippen LogP contribution is 2.50. The Bertz CT molecular complexity index is 1100. The van der Waals surface area contributed by atoms with Crippen molar-refractivity contribution in [3.8, 4) is 5.75 Å². The molecule has 0 aliphatic heterocycles. The van der Waals surface area contributed by atoms with Crippen LogP contribution in [0.1, 0.15) is 114 Å². The van der Waals surface area contributed by atoms with Gasteiger partial charge in [-0.15, -0.1) is 0 Å². The van der Waals surface area contributed by atoms with Crippen LogP contribution in [0.5, 0.6) is 5.75 Å². The maximum atomic E-state index is 14.7. The average molecular weight is 549 g/mol. The standard InChI is InChI=1S/C37H50F2O/c1-3-5-6-8-31-21-22-35(37(39)36(31)38)40-25-27-11-14-34-24-33(20-19-32(34)23-27)30-17-15-29(16-18-30)28-12-9-26(7-4-2)10-13-28/h3,5,9-10,12-13,21-22,27,29-30,32-34H,4,6-8,11,14-20,23-25H2,1-2H3. The predicted octanol–water partition coefficient (Wildman–Crippen LogP) is 10.6. The molecule has 3 saturated carbocycles. The molecule has 0 spiro atoms. The zero-order chi connectivity index (χ0) is 27.9. The Balaban J connectivity index is 1.06. The Hall–Kier alpha value is -2.16. The lowest BCUT2D eigenvalue weighted by Crippen LogP contribution is -2.35. The maximum absolute atomic E-state index is 14.7. The number of fused-ring (bicyclic) bond motifs is 1. The first kappa shape index (κ1) is 29.3. The molecular weight excluding hydrogens is 498 g/mol. The van der Waals surface area contributed by atoms with Crippen molar-refractivity contribution in [2.24, 2.45) is 29.6 Å². The van der Waals surface area contributed by atoms with Gasteiger partial charge in [0.2, 0.25) is 5.82 Å². The molecule has 0 radical (unpaired) electrons. The summed E-state index contributed by atoms with van der Waals surface area (Å²) in [4.78, 5) is 0. The van der Waals surface area contributed by atoms with E-state index < -0.39 is 11.6 Å². The average Bonchev–Trinajstić information content (AvgIpc) is 2.99. The molecule has 0 heterocycles. The lowest BCUT2D eigenvalue weighted by molar-refractivity contribution is 0.0508. The van der Waals surface area contributed by atoms with Gasteiger partial charge in [0.05, 0.1) is 6.61 Å². The van der Waals surface area contributed by atoms with E-state index in [0.29, 0.717) is 30.9 Å². The third-order valence-corrected chi connectivity index (χ3v) is 10.6. The van der Waals surface area contributed by atoms with Crippen LogP contribution in [0, 0.1) is 41.2 Å². The highest BCUT2D eigenvalue weighted by molar-refractivity contribution is 5.31. The summed E-state index contributed by atoms with van der Waals surface area (Å²) in [6.45, 7) is 4.69. The molecule has 4 unspecified atom stereocenters. The molecule has 2 aromatic carbocycles. The molecular formula is C37H50F2O. The van der Waals surface area contributed by atoms with E-state index in [1.54, 1.807) is 17.7 Å². The molecule has 4 atom stereocenters. The fraction of sp³-hybridized carbons (Fsp3) is 0.622. The van der Waals surface area contributed by atoms with Crippen molar-refractivity contribution in [2.75, 3.05) is 6.61 Å². The van der Waals surface area contributed by atoms with Crippen LogP contribution in [0.2, 0.25) is 0 Å². The molecule has 2 aromatic rings. The highest BCUT2D eigenvalue weighted by atomic mass is 19.2. The topological polar surface area (TPSA) is 9.23 Å². The van der Waals surface area contributed by atoms with Crippen LogP contribution in [0.4, 0.5) is 8.78 Å². The van der Waals surface area contributed by atoms with E-state index in [2.05, 4.69) is 31.2 Å². The van der Waals surface area contributed by atoms with Crippen LogP contribution in [-0.4, -0.2) is 6.61 Å². The minimum Gasteiger partial charge on any atom is -0.490 e. The van der Waals surface area contributed by atoms with Gasteiger partial charge in [0.25, 0.3) is 0 Å². The number of benzene rings is 2. The minimum atomic E-state index is -0.824. The molecule has 0 bridgehead atoms. The first-order valence-electron chi connectivity index (χ1n) is 16.3.